The molecule has 1 N–H and O–H groups in total. The first kappa shape index (κ1) is 14.1. The first-order valence-electron chi connectivity index (χ1n) is 7.72. The lowest BCUT2D eigenvalue weighted by molar-refractivity contribution is -0.136. The first-order chi connectivity index (χ1) is 10.2. The van der Waals surface area contributed by atoms with Gasteiger partial charge < -0.3 is 14.7 Å². The van der Waals surface area contributed by atoms with E-state index in [4.69, 9.17) is 4.52 Å². The second kappa shape index (κ2) is 5.87. The predicted molar refractivity (Wildman–Crippen MR) is 75.8 cm³/mol. The zero-order valence-electron chi connectivity index (χ0n) is 12.3. The van der Waals surface area contributed by atoms with Crippen LogP contribution in [0.2, 0.25) is 0 Å². The molecule has 0 aromatic carbocycles. The Balaban J connectivity index is 1.43. The van der Waals surface area contributed by atoms with E-state index in [1.165, 1.54) is 0 Å². The van der Waals surface area contributed by atoms with E-state index in [9.17, 15) is 9.59 Å². The molecule has 1 saturated carbocycles. The standard InChI is InChI=1S/C15H21N3O3/c1-2-3-4-14(19)18-8-11(9-18)16-15(20)12-7-13(21-17-12)10-5-6-10/h7,10-11H,2-6,8-9H2,1H3,(H,16,20). The van der Waals surface area contributed by atoms with Crippen LogP contribution in [0.1, 0.15) is 61.2 Å². The number of aromatic nitrogens is 1. The van der Waals surface area contributed by atoms with E-state index in [0.29, 0.717) is 31.1 Å². The lowest BCUT2D eigenvalue weighted by atomic mass is 10.1. The third kappa shape index (κ3) is 3.25. The summed E-state index contributed by atoms with van der Waals surface area (Å²) in [5.41, 5.74) is 0.340. The van der Waals surface area contributed by atoms with Crippen LogP contribution in [0, 0.1) is 0 Å². The van der Waals surface area contributed by atoms with Crippen LogP contribution in [-0.2, 0) is 4.79 Å². The third-order valence-electron chi connectivity index (χ3n) is 4.05. The number of carbonyl (C=O) groups excluding carboxylic acids is 2. The molecular weight excluding hydrogens is 270 g/mol. The molecule has 2 amide bonds. The molecule has 114 valence electrons. The zero-order valence-corrected chi connectivity index (χ0v) is 12.3. The topological polar surface area (TPSA) is 75.4 Å². The lowest BCUT2D eigenvalue weighted by Gasteiger charge is -2.39. The summed E-state index contributed by atoms with van der Waals surface area (Å²) in [4.78, 5) is 25.6. The van der Waals surface area contributed by atoms with Crippen molar-refractivity contribution in [3.8, 4) is 0 Å². The summed E-state index contributed by atoms with van der Waals surface area (Å²) in [7, 11) is 0. The Morgan fingerprint density at radius 3 is 2.86 bits per heavy atom. The largest absolute Gasteiger partial charge is 0.360 e. The minimum absolute atomic E-state index is 0.0316. The summed E-state index contributed by atoms with van der Waals surface area (Å²) in [5, 5.41) is 6.71. The molecule has 0 radical (unpaired) electrons. The van der Waals surface area contributed by atoms with Gasteiger partial charge in [0.15, 0.2) is 5.69 Å². The number of unbranched alkanes of at least 4 members (excludes halogenated alkanes) is 1. The van der Waals surface area contributed by atoms with Crippen molar-refractivity contribution < 1.29 is 14.1 Å². The van der Waals surface area contributed by atoms with Gasteiger partial charge >= 0.3 is 0 Å². The maximum Gasteiger partial charge on any atom is 0.273 e. The van der Waals surface area contributed by atoms with Crippen LogP contribution >= 0.6 is 0 Å². The van der Waals surface area contributed by atoms with Crippen molar-refractivity contribution in [1.29, 1.82) is 0 Å². The van der Waals surface area contributed by atoms with Crippen LogP contribution in [-0.4, -0.2) is 41.0 Å². The van der Waals surface area contributed by atoms with Crippen LogP contribution in [0.5, 0.6) is 0 Å². The Kier molecular flexibility index (Phi) is 3.94. The van der Waals surface area contributed by atoms with Crippen LogP contribution in [0.25, 0.3) is 0 Å². The van der Waals surface area contributed by atoms with Crippen LogP contribution in [0.4, 0.5) is 0 Å². The number of rotatable bonds is 6. The average molecular weight is 291 g/mol. The summed E-state index contributed by atoms with van der Waals surface area (Å²) >= 11 is 0. The van der Waals surface area contributed by atoms with Crippen molar-refractivity contribution in [1.82, 2.24) is 15.4 Å². The number of hydrogen-bond acceptors (Lipinski definition) is 4. The Morgan fingerprint density at radius 1 is 1.43 bits per heavy atom. The van der Waals surface area contributed by atoms with Crippen molar-refractivity contribution in [3.63, 3.8) is 0 Å². The highest BCUT2D eigenvalue weighted by molar-refractivity contribution is 5.92. The number of nitrogens with zero attached hydrogens (tertiary/aromatic N) is 2. The first-order valence-corrected chi connectivity index (χ1v) is 7.72. The SMILES string of the molecule is CCCCC(=O)N1CC(NC(=O)c2cc(C3CC3)on2)C1. The van der Waals surface area contributed by atoms with Gasteiger partial charge in [0.2, 0.25) is 5.91 Å². The molecule has 1 aliphatic heterocycles. The predicted octanol–water partition coefficient (Wildman–Crippen LogP) is 1.68. The Morgan fingerprint density at radius 2 is 2.19 bits per heavy atom. The summed E-state index contributed by atoms with van der Waals surface area (Å²) in [5.74, 6) is 1.23. The number of likely N-dealkylation sites (tertiary alicyclic amines) is 1. The molecule has 2 fully saturated rings. The average Bonchev–Trinajstić information content (AvgIpc) is 3.17. The highest BCUT2D eigenvalue weighted by atomic mass is 16.5. The molecule has 1 aromatic rings. The number of amides is 2. The normalized spacial score (nSPS) is 18.4. The Bertz CT molecular complexity index is 530. The molecule has 0 spiro atoms. The molecule has 0 bridgehead atoms. The molecule has 6 heteroatoms. The maximum atomic E-state index is 12.0. The minimum Gasteiger partial charge on any atom is -0.360 e. The van der Waals surface area contributed by atoms with Gasteiger partial charge in [-0.15, -0.1) is 0 Å². The van der Waals surface area contributed by atoms with Crippen molar-refractivity contribution >= 4 is 11.8 Å². The van der Waals surface area contributed by atoms with E-state index in [1.807, 2.05) is 0 Å². The summed E-state index contributed by atoms with van der Waals surface area (Å²) in [6.45, 7) is 3.27. The van der Waals surface area contributed by atoms with Gasteiger partial charge in [-0.2, -0.15) is 0 Å². The fourth-order valence-electron chi connectivity index (χ4n) is 2.48. The fourth-order valence-corrected chi connectivity index (χ4v) is 2.48. The number of nitrogens with one attached hydrogen (secondary N) is 1. The summed E-state index contributed by atoms with van der Waals surface area (Å²) in [6.07, 6.45) is 4.79. The molecule has 1 aliphatic carbocycles. The van der Waals surface area contributed by atoms with E-state index in [-0.39, 0.29) is 17.9 Å². The lowest BCUT2D eigenvalue weighted by Crippen LogP contribution is -2.61. The van der Waals surface area contributed by atoms with Gasteiger partial charge in [0.1, 0.15) is 5.76 Å². The third-order valence-corrected chi connectivity index (χ3v) is 4.05. The molecule has 1 aromatic heterocycles. The van der Waals surface area contributed by atoms with Crippen molar-refractivity contribution in [2.75, 3.05) is 13.1 Å². The molecule has 3 rings (SSSR count). The maximum absolute atomic E-state index is 12.0. The van der Waals surface area contributed by atoms with E-state index in [1.54, 1.807) is 11.0 Å². The minimum atomic E-state index is -0.212. The Hall–Kier alpha value is -1.85. The van der Waals surface area contributed by atoms with Crippen molar-refractivity contribution in [2.24, 2.45) is 0 Å². The van der Waals surface area contributed by atoms with Crippen LogP contribution in [0.3, 0.4) is 0 Å². The van der Waals surface area contributed by atoms with E-state index in [0.717, 1.165) is 31.4 Å². The van der Waals surface area contributed by atoms with Gasteiger partial charge in [-0.25, -0.2) is 0 Å². The monoisotopic (exact) mass is 291 g/mol. The molecule has 1 saturated heterocycles. The van der Waals surface area contributed by atoms with Crippen LogP contribution in [0.15, 0.2) is 10.6 Å². The van der Waals surface area contributed by atoms with Gasteiger partial charge in [0.25, 0.3) is 5.91 Å². The Labute approximate surface area is 123 Å². The van der Waals surface area contributed by atoms with Crippen molar-refractivity contribution in [2.45, 2.75) is 51.0 Å². The highest BCUT2D eigenvalue weighted by Gasteiger charge is 2.33. The second-order valence-electron chi connectivity index (χ2n) is 5.96. The smallest absolute Gasteiger partial charge is 0.273 e. The summed E-state index contributed by atoms with van der Waals surface area (Å²) in [6, 6.07) is 1.76. The molecular formula is C15H21N3O3. The van der Waals surface area contributed by atoms with E-state index in [2.05, 4.69) is 17.4 Å². The van der Waals surface area contributed by atoms with E-state index < -0.39 is 0 Å². The molecule has 2 heterocycles. The fraction of sp³-hybridized carbons (Fsp3) is 0.667. The molecule has 2 aliphatic rings. The number of carbonyl (C=O) groups is 2. The molecule has 0 unspecified atom stereocenters. The van der Waals surface area contributed by atoms with Gasteiger partial charge in [-0.3, -0.25) is 9.59 Å². The van der Waals surface area contributed by atoms with Crippen molar-refractivity contribution in [3.05, 3.63) is 17.5 Å². The quantitative estimate of drug-likeness (QED) is 0.865. The van der Waals surface area contributed by atoms with Gasteiger partial charge in [0, 0.05) is 31.5 Å². The van der Waals surface area contributed by atoms with Crippen LogP contribution < -0.4 is 5.32 Å². The van der Waals surface area contributed by atoms with Gasteiger partial charge in [-0.1, -0.05) is 18.5 Å². The van der Waals surface area contributed by atoms with E-state index >= 15 is 0 Å². The number of hydrogen-bond donors (Lipinski definition) is 1. The second-order valence-corrected chi connectivity index (χ2v) is 5.96. The summed E-state index contributed by atoms with van der Waals surface area (Å²) < 4.78 is 5.17. The molecule has 21 heavy (non-hydrogen) atoms. The van der Waals surface area contributed by atoms with Gasteiger partial charge in [-0.05, 0) is 19.3 Å². The van der Waals surface area contributed by atoms with Gasteiger partial charge in [0.05, 0.1) is 6.04 Å². The zero-order chi connectivity index (χ0) is 14.8. The molecule has 6 nitrogen and oxygen atoms in total. The highest BCUT2D eigenvalue weighted by Crippen LogP contribution is 2.40. The molecule has 0 atom stereocenters.